The van der Waals surface area contributed by atoms with Gasteiger partial charge in [0.05, 0.1) is 0 Å². The Hall–Kier alpha value is -1.36. The second kappa shape index (κ2) is 4.25. The molecule has 1 aromatic carbocycles. The molecule has 0 aliphatic carbocycles. The van der Waals surface area contributed by atoms with E-state index in [-0.39, 0.29) is 24.9 Å². The maximum atomic E-state index is 12.6. The molecular formula is C11H12F2O3. The minimum Gasteiger partial charge on any atom is -0.454 e. The van der Waals surface area contributed by atoms with Crippen LogP contribution in [0.1, 0.15) is 30.4 Å². The SMILES string of the molecule is CC(CO)c1cc(C(F)F)cc2c1OCO2. The molecule has 0 aromatic heterocycles. The largest absolute Gasteiger partial charge is 0.454 e. The summed E-state index contributed by atoms with van der Waals surface area (Å²) in [5.41, 5.74) is 0.451. The number of hydrogen-bond donors (Lipinski definition) is 1. The van der Waals surface area contributed by atoms with Gasteiger partial charge in [0.15, 0.2) is 11.5 Å². The zero-order valence-electron chi connectivity index (χ0n) is 8.74. The highest BCUT2D eigenvalue weighted by atomic mass is 19.3. The number of fused-ring (bicyclic) bond motifs is 1. The highest BCUT2D eigenvalue weighted by Gasteiger charge is 2.24. The topological polar surface area (TPSA) is 38.7 Å². The molecule has 0 amide bonds. The summed E-state index contributed by atoms with van der Waals surface area (Å²) in [5, 5.41) is 9.07. The zero-order chi connectivity index (χ0) is 11.7. The summed E-state index contributed by atoms with van der Waals surface area (Å²) in [4.78, 5) is 0. The smallest absolute Gasteiger partial charge is 0.263 e. The van der Waals surface area contributed by atoms with Crippen LogP contribution in [0.15, 0.2) is 12.1 Å². The lowest BCUT2D eigenvalue weighted by molar-refractivity contribution is 0.150. The van der Waals surface area contributed by atoms with Crippen LogP contribution in [0.5, 0.6) is 11.5 Å². The van der Waals surface area contributed by atoms with Gasteiger partial charge in [0, 0.05) is 23.7 Å². The van der Waals surface area contributed by atoms with Crippen molar-refractivity contribution in [3.63, 3.8) is 0 Å². The van der Waals surface area contributed by atoms with Gasteiger partial charge in [-0.3, -0.25) is 0 Å². The van der Waals surface area contributed by atoms with Gasteiger partial charge in [-0.15, -0.1) is 0 Å². The van der Waals surface area contributed by atoms with Crippen LogP contribution in [0.2, 0.25) is 0 Å². The predicted molar refractivity (Wildman–Crippen MR) is 53.0 cm³/mol. The lowest BCUT2D eigenvalue weighted by Crippen LogP contribution is -2.02. The summed E-state index contributed by atoms with van der Waals surface area (Å²) in [6.07, 6.45) is -2.56. The van der Waals surface area contributed by atoms with Gasteiger partial charge in [-0.05, 0) is 12.1 Å². The number of alkyl halides is 2. The van der Waals surface area contributed by atoms with Gasteiger partial charge in [0.25, 0.3) is 6.43 Å². The van der Waals surface area contributed by atoms with Gasteiger partial charge in [-0.2, -0.15) is 0 Å². The van der Waals surface area contributed by atoms with E-state index in [1.807, 2.05) is 0 Å². The average molecular weight is 230 g/mol. The highest BCUT2D eigenvalue weighted by molar-refractivity contribution is 5.52. The van der Waals surface area contributed by atoms with Crippen molar-refractivity contribution in [2.75, 3.05) is 13.4 Å². The Balaban J connectivity index is 2.49. The minimum atomic E-state index is -2.56. The molecule has 0 spiro atoms. The fourth-order valence-electron chi connectivity index (χ4n) is 1.65. The maximum absolute atomic E-state index is 12.6. The normalized spacial score (nSPS) is 15.6. The van der Waals surface area contributed by atoms with E-state index in [1.165, 1.54) is 12.1 Å². The van der Waals surface area contributed by atoms with Gasteiger partial charge in [-0.1, -0.05) is 6.92 Å². The summed E-state index contributed by atoms with van der Waals surface area (Å²) in [5.74, 6) is 0.535. The van der Waals surface area contributed by atoms with Crippen LogP contribution in [0, 0.1) is 0 Å². The van der Waals surface area contributed by atoms with E-state index >= 15 is 0 Å². The van der Waals surface area contributed by atoms with E-state index in [2.05, 4.69) is 0 Å². The highest BCUT2D eigenvalue weighted by Crippen LogP contribution is 2.42. The molecule has 88 valence electrons. The first kappa shape index (κ1) is 11.1. The fourth-order valence-corrected chi connectivity index (χ4v) is 1.65. The van der Waals surface area contributed by atoms with Crippen molar-refractivity contribution in [1.82, 2.24) is 0 Å². The summed E-state index contributed by atoms with van der Waals surface area (Å²) in [7, 11) is 0. The molecule has 1 heterocycles. The summed E-state index contributed by atoms with van der Waals surface area (Å²) in [6, 6.07) is 2.64. The van der Waals surface area contributed by atoms with Gasteiger partial charge in [0.1, 0.15) is 0 Å². The van der Waals surface area contributed by atoms with E-state index in [0.29, 0.717) is 17.1 Å². The molecule has 0 bridgehead atoms. The molecule has 1 unspecified atom stereocenters. The Bertz CT molecular complexity index is 393. The molecule has 2 rings (SSSR count). The standard InChI is InChI=1S/C11H12F2O3/c1-6(4-14)8-2-7(11(12)13)3-9-10(8)16-5-15-9/h2-3,6,11,14H,4-5H2,1H3. The van der Waals surface area contributed by atoms with E-state index < -0.39 is 6.43 Å². The first-order chi connectivity index (χ1) is 7.63. The molecule has 1 aromatic rings. The molecular weight excluding hydrogens is 218 g/mol. The van der Waals surface area contributed by atoms with Gasteiger partial charge in [0.2, 0.25) is 6.79 Å². The summed E-state index contributed by atoms with van der Waals surface area (Å²) in [6.45, 7) is 1.65. The number of hydrogen-bond acceptors (Lipinski definition) is 3. The van der Waals surface area contributed by atoms with Crippen LogP contribution in [0.25, 0.3) is 0 Å². The Morgan fingerprint density at radius 2 is 2.12 bits per heavy atom. The molecule has 0 fully saturated rings. The van der Waals surface area contributed by atoms with Crippen LogP contribution in [-0.4, -0.2) is 18.5 Å². The van der Waals surface area contributed by atoms with Crippen molar-refractivity contribution in [2.45, 2.75) is 19.3 Å². The van der Waals surface area contributed by atoms with Crippen LogP contribution >= 0.6 is 0 Å². The third-order valence-corrected chi connectivity index (χ3v) is 2.58. The molecule has 5 heteroatoms. The summed E-state index contributed by atoms with van der Waals surface area (Å²) < 4.78 is 35.5. The molecule has 1 aliphatic heterocycles. The molecule has 1 aliphatic rings. The third kappa shape index (κ3) is 1.82. The number of halogens is 2. The van der Waals surface area contributed by atoms with Gasteiger partial charge >= 0.3 is 0 Å². The minimum absolute atomic E-state index is 0.0349. The molecule has 1 N–H and O–H groups in total. The number of aliphatic hydroxyl groups excluding tert-OH is 1. The lowest BCUT2D eigenvalue weighted by Gasteiger charge is -2.13. The van der Waals surface area contributed by atoms with Crippen molar-refractivity contribution in [1.29, 1.82) is 0 Å². The molecule has 3 nitrogen and oxygen atoms in total. The molecule has 16 heavy (non-hydrogen) atoms. The summed E-state index contributed by atoms with van der Waals surface area (Å²) >= 11 is 0. The predicted octanol–water partition coefficient (Wildman–Crippen LogP) is 2.45. The van der Waals surface area contributed by atoms with Crippen molar-refractivity contribution < 1.29 is 23.4 Å². The molecule has 0 saturated carbocycles. The lowest BCUT2D eigenvalue weighted by atomic mass is 9.98. The second-order valence-electron chi connectivity index (χ2n) is 3.73. The Kier molecular flexibility index (Phi) is 2.96. The Morgan fingerprint density at radius 3 is 2.75 bits per heavy atom. The maximum Gasteiger partial charge on any atom is 0.263 e. The Morgan fingerprint density at radius 1 is 1.38 bits per heavy atom. The first-order valence-corrected chi connectivity index (χ1v) is 4.96. The molecule has 0 radical (unpaired) electrons. The first-order valence-electron chi connectivity index (χ1n) is 4.96. The van der Waals surface area contributed by atoms with E-state index in [0.717, 1.165) is 0 Å². The van der Waals surface area contributed by atoms with Crippen molar-refractivity contribution >= 4 is 0 Å². The van der Waals surface area contributed by atoms with Crippen LogP contribution < -0.4 is 9.47 Å². The van der Waals surface area contributed by atoms with Crippen molar-refractivity contribution in [3.05, 3.63) is 23.3 Å². The van der Waals surface area contributed by atoms with Crippen molar-refractivity contribution in [2.24, 2.45) is 0 Å². The average Bonchev–Trinajstić information content (AvgIpc) is 2.74. The van der Waals surface area contributed by atoms with Gasteiger partial charge in [-0.25, -0.2) is 8.78 Å². The third-order valence-electron chi connectivity index (χ3n) is 2.58. The van der Waals surface area contributed by atoms with Crippen LogP contribution in [0.4, 0.5) is 8.78 Å². The number of rotatable bonds is 3. The van der Waals surface area contributed by atoms with E-state index in [4.69, 9.17) is 14.6 Å². The monoisotopic (exact) mass is 230 g/mol. The van der Waals surface area contributed by atoms with Crippen molar-refractivity contribution in [3.8, 4) is 11.5 Å². The van der Waals surface area contributed by atoms with E-state index in [9.17, 15) is 8.78 Å². The molecule has 1 atom stereocenters. The molecule has 0 saturated heterocycles. The number of benzene rings is 1. The zero-order valence-corrected chi connectivity index (χ0v) is 8.74. The Labute approximate surface area is 91.6 Å². The number of aliphatic hydroxyl groups is 1. The number of ether oxygens (including phenoxy) is 2. The van der Waals surface area contributed by atoms with Gasteiger partial charge < -0.3 is 14.6 Å². The quantitative estimate of drug-likeness (QED) is 0.866. The van der Waals surface area contributed by atoms with Crippen LogP contribution in [-0.2, 0) is 0 Å². The second-order valence-corrected chi connectivity index (χ2v) is 3.73. The fraction of sp³-hybridized carbons (Fsp3) is 0.455. The van der Waals surface area contributed by atoms with Crippen LogP contribution in [0.3, 0.4) is 0 Å². The van der Waals surface area contributed by atoms with E-state index in [1.54, 1.807) is 6.92 Å².